The molecule has 0 radical (unpaired) electrons. The Labute approximate surface area is 135 Å². The molecule has 2 aromatic rings. The molecule has 0 bridgehead atoms. The number of nitrogens with one attached hydrogen (secondary N) is 1. The molecule has 0 spiro atoms. The Morgan fingerprint density at radius 3 is 2.90 bits per heavy atom. The molecule has 3 rings (SSSR count). The lowest BCUT2D eigenvalue weighted by Crippen LogP contribution is -2.30. The number of hydrogen-bond donors (Lipinski definition) is 3. The highest BCUT2D eigenvalue weighted by molar-refractivity contribution is 9.10. The first-order valence-electron chi connectivity index (χ1n) is 6.91. The van der Waals surface area contributed by atoms with Gasteiger partial charge in [0.2, 0.25) is 0 Å². The number of halogens is 1. The van der Waals surface area contributed by atoms with Crippen LogP contribution in [-0.4, -0.2) is 24.2 Å². The molecule has 4 N–H and O–H groups in total. The molecule has 112 valence electrons. The van der Waals surface area contributed by atoms with Gasteiger partial charge in [0, 0.05) is 27.7 Å². The molecule has 21 heavy (non-hydrogen) atoms. The molecular formula is C15H17BrN2O2S. The summed E-state index contributed by atoms with van der Waals surface area (Å²) < 4.78 is 1.96. The molecule has 4 nitrogen and oxygen atoms in total. The Balaban J connectivity index is 1.77. The molecule has 1 aromatic carbocycles. The smallest absolute Gasteiger partial charge is 0.263 e. The summed E-state index contributed by atoms with van der Waals surface area (Å²) in [5.41, 5.74) is 6.76. The molecule has 1 saturated carbocycles. The molecule has 1 aliphatic rings. The van der Waals surface area contributed by atoms with Gasteiger partial charge in [0.25, 0.3) is 5.91 Å². The standard InChI is InChI=1S/C15H17BrN2O2S/c16-9-1-2-11-10(7-9)12(17)13(21-11)14(20)18-8-15(3-4-15)5-6-19/h1-2,7,19H,3-6,8,17H2,(H,18,20). The Morgan fingerprint density at radius 1 is 1.48 bits per heavy atom. The number of rotatable bonds is 5. The minimum Gasteiger partial charge on any atom is -0.397 e. The second-order valence-electron chi connectivity index (χ2n) is 5.64. The van der Waals surface area contributed by atoms with Crippen LogP contribution in [0.15, 0.2) is 22.7 Å². The molecule has 0 saturated heterocycles. The van der Waals surface area contributed by atoms with Gasteiger partial charge in [-0.25, -0.2) is 0 Å². The first kappa shape index (κ1) is 14.8. The maximum absolute atomic E-state index is 12.3. The highest BCUT2D eigenvalue weighted by Crippen LogP contribution is 2.48. The topological polar surface area (TPSA) is 75.4 Å². The van der Waals surface area contributed by atoms with Crippen LogP contribution in [0.4, 0.5) is 5.69 Å². The van der Waals surface area contributed by atoms with Crippen molar-refractivity contribution in [2.45, 2.75) is 19.3 Å². The molecule has 1 amide bonds. The van der Waals surface area contributed by atoms with E-state index in [-0.39, 0.29) is 17.9 Å². The fourth-order valence-electron chi connectivity index (χ4n) is 2.53. The fourth-order valence-corrected chi connectivity index (χ4v) is 3.92. The van der Waals surface area contributed by atoms with Crippen LogP contribution < -0.4 is 11.1 Å². The molecular weight excluding hydrogens is 352 g/mol. The van der Waals surface area contributed by atoms with Crippen molar-refractivity contribution in [1.82, 2.24) is 5.32 Å². The molecule has 0 atom stereocenters. The zero-order chi connectivity index (χ0) is 15.0. The first-order valence-corrected chi connectivity index (χ1v) is 8.52. The number of aliphatic hydroxyl groups excluding tert-OH is 1. The number of benzene rings is 1. The third kappa shape index (κ3) is 2.93. The zero-order valence-corrected chi connectivity index (χ0v) is 13.9. The molecule has 1 aliphatic carbocycles. The molecule has 0 unspecified atom stereocenters. The number of carbonyl (C=O) groups is 1. The van der Waals surface area contributed by atoms with Crippen LogP contribution in [-0.2, 0) is 0 Å². The van der Waals surface area contributed by atoms with Crippen LogP contribution in [0.5, 0.6) is 0 Å². The lowest BCUT2D eigenvalue weighted by Gasteiger charge is -2.14. The van der Waals surface area contributed by atoms with Crippen LogP contribution in [0, 0.1) is 5.41 Å². The normalized spacial score (nSPS) is 16.1. The summed E-state index contributed by atoms with van der Waals surface area (Å²) in [4.78, 5) is 12.9. The summed E-state index contributed by atoms with van der Waals surface area (Å²) >= 11 is 4.84. The molecule has 1 heterocycles. The van der Waals surface area contributed by atoms with E-state index >= 15 is 0 Å². The monoisotopic (exact) mass is 368 g/mol. The van der Waals surface area contributed by atoms with E-state index < -0.39 is 0 Å². The molecule has 0 aliphatic heterocycles. The Kier molecular flexibility index (Phi) is 3.94. The van der Waals surface area contributed by atoms with Gasteiger partial charge in [-0.1, -0.05) is 15.9 Å². The van der Waals surface area contributed by atoms with Crippen molar-refractivity contribution in [1.29, 1.82) is 0 Å². The maximum atomic E-state index is 12.3. The molecule has 6 heteroatoms. The van der Waals surface area contributed by atoms with Crippen molar-refractivity contribution in [3.05, 3.63) is 27.5 Å². The lowest BCUT2D eigenvalue weighted by atomic mass is 10.0. The second kappa shape index (κ2) is 5.59. The van der Waals surface area contributed by atoms with E-state index in [9.17, 15) is 4.79 Å². The van der Waals surface area contributed by atoms with Gasteiger partial charge in [0.1, 0.15) is 4.88 Å². The van der Waals surface area contributed by atoms with Crippen LogP contribution in [0.25, 0.3) is 10.1 Å². The van der Waals surface area contributed by atoms with Crippen molar-refractivity contribution >= 4 is 48.9 Å². The largest absolute Gasteiger partial charge is 0.397 e. The second-order valence-corrected chi connectivity index (χ2v) is 7.61. The predicted octanol–water partition coefficient (Wildman–Crippen LogP) is 3.14. The predicted molar refractivity (Wildman–Crippen MR) is 89.6 cm³/mol. The number of nitrogens with two attached hydrogens (primary N) is 1. The summed E-state index contributed by atoms with van der Waals surface area (Å²) in [6.45, 7) is 0.790. The van der Waals surface area contributed by atoms with Crippen LogP contribution >= 0.6 is 27.3 Å². The minimum atomic E-state index is -0.117. The number of aliphatic hydroxyl groups is 1. The van der Waals surface area contributed by atoms with Crippen molar-refractivity contribution in [2.24, 2.45) is 5.41 Å². The summed E-state index contributed by atoms with van der Waals surface area (Å²) in [5, 5.41) is 12.9. The summed E-state index contributed by atoms with van der Waals surface area (Å²) in [5.74, 6) is -0.117. The molecule has 1 aromatic heterocycles. The average molecular weight is 369 g/mol. The van der Waals surface area contributed by atoms with E-state index in [4.69, 9.17) is 10.8 Å². The number of nitrogen functional groups attached to an aromatic ring is 1. The van der Waals surface area contributed by atoms with Gasteiger partial charge in [-0.2, -0.15) is 0 Å². The minimum absolute atomic E-state index is 0.110. The van der Waals surface area contributed by atoms with Crippen LogP contribution in [0.2, 0.25) is 0 Å². The number of fused-ring (bicyclic) bond motifs is 1. The van der Waals surface area contributed by atoms with Crippen molar-refractivity contribution < 1.29 is 9.90 Å². The number of anilines is 1. The number of thiophene rings is 1. The Morgan fingerprint density at radius 2 is 2.24 bits per heavy atom. The van der Waals surface area contributed by atoms with Crippen molar-refractivity contribution in [2.75, 3.05) is 18.9 Å². The van der Waals surface area contributed by atoms with Gasteiger partial charge in [-0.05, 0) is 42.9 Å². The number of carbonyl (C=O) groups excluding carboxylic acids is 1. The van der Waals surface area contributed by atoms with E-state index in [1.54, 1.807) is 0 Å². The van der Waals surface area contributed by atoms with Gasteiger partial charge < -0.3 is 16.2 Å². The van der Waals surface area contributed by atoms with Gasteiger partial charge >= 0.3 is 0 Å². The number of hydrogen-bond acceptors (Lipinski definition) is 4. The van der Waals surface area contributed by atoms with Gasteiger partial charge in [0.15, 0.2) is 0 Å². The van der Waals surface area contributed by atoms with E-state index in [1.807, 2.05) is 18.2 Å². The van der Waals surface area contributed by atoms with E-state index in [2.05, 4.69) is 21.2 Å². The summed E-state index contributed by atoms with van der Waals surface area (Å²) in [7, 11) is 0. The average Bonchev–Trinajstić information content (AvgIpc) is 3.16. The third-order valence-electron chi connectivity index (χ3n) is 4.12. The SMILES string of the molecule is Nc1c(C(=O)NCC2(CCO)CC2)sc2ccc(Br)cc12. The van der Waals surface area contributed by atoms with E-state index in [1.165, 1.54) is 11.3 Å². The van der Waals surface area contributed by atoms with Gasteiger partial charge in [-0.15, -0.1) is 11.3 Å². The van der Waals surface area contributed by atoms with Gasteiger partial charge in [0.05, 0.1) is 5.69 Å². The van der Waals surface area contributed by atoms with E-state index in [0.717, 1.165) is 33.8 Å². The van der Waals surface area contributed by atoms with Crippen molar-refractivity contribution in [3.8, 4) is 0 Å². The summed E-state index contributed by atoms with van der Waals surface area (Å²) in [6.07, 6.45) is 2.90. The highest BCUT2D eigenvalue weighted by atomic mass is 79.9. The van der Waals surface area contributed by atoms with Crippen molar-refractivity contribution in [3.63, 3.8) is 0 Å². The fraction of sp³-hybridized carbons (Fsp3) is 0.400. The quantitative estimate of drug-likeness (QED) is 0.758. The summed E-state index contributed by atoms with van der Waals surface area (Å²) in [6, 6.07) is 5.85. The Hall–Kier alpha value is -1.11. The third-order valence-corrected chi connectivity index (χ3v) is 5.80. The molecule has 1 fully saturated rings. The van der Waals surface area contributed by atoms with E-state index in [0.29, 0.717) is 17.1 Å². The lowest BCUT2D eigenvalue weighted by molar-refractivity contribution is 0.0945. The number of amides is 1. The Bertz CT molecular complexity index is 694. The maximum Gasteiger partial charge on any atom is 0.263 e. The van der Waals surface area contributed by atoms with Crippen LogP contribution in [0.1, 0.15) is 28.9 Å². The highest BCUT2D eigenvalue weighted by Gasteiger charge is 2.42. The van der Waals surface area contributed by atoms with Crippen LogP contribution in [0.3, 0.4) is 0 Å². The van der Waals surface area contributed by atoms with Gasteiger partial charge in [-0.3, -0.25) is 4.79 Å². The zero-order valence-electron chi connectivity index (χ0n) is 11.5. The first-order chi connectivity index (χ1) is 10.0.